The molecule has 7 aromatic rings. The molecule has 0 radical (unpaired) electrons. The third-order valence-electron chi connectivity index (χ3n) is 12.4. The summed E-state index contributed by atoms with van der Waals surface area (Å²) in [5.41, 5.74) is 3.06. The quantitative estimate of drug-likeness (QED) is 0.0545. The van der Waals surface area contributed by atoms with Gasteiger partial charge in [-0.15, -0.1) is 15.0 Å². The molecule has 18 heteroatoms. The Labute approximate surface area is 427 Å². The normalized spacial score (nSPS) is 17.7. The molecule has 74 heavy (non-hydrogen) atoms. The molecule has 1 fully saturated rings. The Bertz CT molecular complexity index is 3020. The molecule has 8 rings (SSSR count). The highest BCUT2D eigenvalue weighted by Crippen LogP contribution is 2.41. The molecule has 1 N–H and O–H groups in total. The molecule has 0 saturated carbocycles. The lowest BCUT2D eigenvalue weighted by atomic mass is 9.77. The fourth-order valence-electron chi connectivity index (χ4n) is 9.30. The Hall–Kier alpha value is -8.35. The first kappa shape index (κ1) is 52.0. The molecule has 1 unspecified atom stereocenters. The van der Waals surface area contributed by atoms with E-state index in [0.29, 0.717) is 24.5 Å². The molecule has 0 amide bonds. The summed E-state index contributed by atoms with van der Waals surface area (Å²) in [6.45, 7) is 8.07. The number of carbonyl (C=O) groups is 5. The standard InChI is InChI=1S/C56H56N6O12/c1-8-20-44-57-50(55(5,6)68)45(52(66)74-54-49(72-36(4)65)47(71-35(3)64)46(70-34(2)63)48(73-54)53(67)69-7)61(44)33-37-29-31-38(32-30-37)42-27-18-19-28-43(42)51-58-60-62(59-51)56(39-21-12-9-13-22-39,40-23-14-10-15-24-40)41-25-16-11-17-26-41/h9-19,21-32,46-49,54,68H,8,20,33H2,1-7H3/t46-,47-,48?,49+,54-/m0/s1. The van der Waals surface area contributed by atoms with Crippen molar-refractivity contribution in [2.45, 2.75) is 103 Å². The van der Waals surface area contributed by atoms with Gasteiger partial charge in [-0.2, -0.15) is 0 Å². The molecule has 1 saturated heterocycles. The number of aliphatic hydroxyl groups is 1. The van der Waals surface area contributed by atoms with Gasteiger partial charge in [-0.1, -0.05) is 146 Å². The van der Waals surface area contributed by atoms with Crippen molar-refractivity contribution in [3.05, 3.63) is 179 Å². The van der Waals surface area contributed by atoms with Crippen LogP contribution in [0, 0.1) is 0 Å². The van der Waals surface area contributed by atoms with E-state index in [9.17, 15) is 29.1 Å². The zero-order valence-corrected chi connectivity index (χ0v) is 41.9. The van der Waals surface area contributed by atoms with Crippen molar-refractivity contribution < 1.29 is 57.5 Å². The number of hydrogen-bond donors (Lipinski definition) is 1. The molecular formula is C56H56N6O12. The Kier molecular flexibility index (Phi) is 15.6. The van der Waals surface area contributed by atoms with E-state index >= 15 is 0 Å². The lowest BCUT2D eigenvalue weighted by molar-refractivity contribution is -0.288. The van der Waals surface area contributed by atoms with Crippen LogP contribution in [0.5, 0.6) is 0 Å². The highest BCUT2D eigenvalue weighted by atomic mass is 16.7. The molecule has 0 spiro atoms. The number of esters is 5. The number of carbonyl (C=O) groups excluding carboxylic acids is 5. The van der Waals surface area contributed by atoms with Crippen molar-refractivity contribution in [3.63, 3.8) is 0 Å². The number of tetrazole rings is 1. The largest absolute Gasteiger partial charge is 0.467 e. The van der Waals surface area contributed by atoms with Crippen LogP contribution in [0.25, 0.3) is 22.5 Å². The minimum Gasteiger partial charge on any atom is -0.467 e. The van der Waals surface area contributed by atoms with Crippen molar-refractivity contribution >= 4 is 29.8 Å². The van der Waals surface area contributed by atoms with E-state index in [0.717, 1.165) is 66.8 Å². The summed E-state index contributed by atoms with van der Waals surface area (Å²) in [7, 11) is 1.05. The zero-order valence-electron chi connectivity index (χ0n) is 41.9. The summed E-state index contributed by atoms with van der Waals surface area (Å²) in [5, 5.41) is 26.1. The summed E-state index contributed by atoms with van der Waals surface area (Å²) in [6.07, 6.45) is -7.91. The minimum atomic E-state index is -1.94. The number of imidazole rings is 1. The topological polar surface area (TPSA) is 222 Å². The Morgan fingerprint density at radius 1 is 0.662 bits per heavy atom. The van der Waals surface area contributed by atoms with E-state index < -0.39 is 71.7 Å². The van der Waals surface area contributed by atoms with Crippen LogP contribution in [0.1, 0.15) is 92.2 Å². The molecule has 0 aliphatic carbocycles. The molecule has 18 nitrogen and oxygen atoms in total. The lowest BCUT2D eigenvalue weighted by Crippen LogP contribution is -2.64. The van der Waals surface area contributed by atoms with Crippen LogP contribution >= 0.6 is 0 Å². The van der Waals surface area contributed by atoms with Crippen LogP contribution in [-0.4, -0.2) is 103 Å². The monoisotopic (exact) mass is 1000 g/mol. The maximum atomic E-state index is 14.7. The van der Waals surface area contributed by atoms with Crippen molar-refractivity contribution in [2.24, 2.45) is 0 Å². The van der Waals surface area contributed by atoms with Crippen LogP contribution in [0.15, 0.2) is 140 Å². The van der Waals surface area contributed by atoms with Crippen LogP contribution in [0.4, 0.5) is 0 Å². The van der Waals surface area contributed by atoms with E-state index in [2.05, 4.69) is 36.4 Å². The maximum absolute atomic E-state index is 14.7. The van der Waals surface area contributed by atoms with Gasteiger partial charge in [0.05, 0.1) is 7.11 Å². The van der Waals surface area contributed by atoms with E-state index in [4.69, 9.17) is 48.8 Å². The van der Waals surface area contributed by atoms with E-state index in [1.165, 1.54) is 13.8 Å². The van der Waals surface area contributed by atoms with Crippen molar-refractivity contribution in [2.75, 3.05) is 7.11 Å². The van der Waals surface area contributed by atoms with Gasteiger partial charge in [0.25, 0.3) is 0 Å². The number of methoxy groups -OCH3 is 1. The average molecular weight is 1010 g/mol. The second kappa shape index (κ2) is 22.2. The third-order valence-corrected chi connectivity index (χ3v) is 12.4. The first-order chi connectivity index (χ1) is 35.5. The van der Waals surface area contributed by atoms with Crippen molar-refractivity contribution in [1.82, 2.24) is 29.8 Å². The number of nitrogens with zero attached hydrogens (tertiary/aromatic N) is 6. The highest BCUT2D eigenvalue weighted by molar-refractivity contribution is 5.90. The molecule has 0 bridgehead atoms. The SMILES string of the molecule is CCCc1nc(C(C)(C)O)c(C(=O)O[C@@H]2OC(C(=O)OC)[C@@H](OC(C)=O)[C@H](OC(C)=O)[C@H]2OC(C)=O)n1Cc1ccc(-c2ccccc2-c2nnn(C(c3ccccc3)(c3ccccc3)c3ccccc3)n2)cc1. The van der Waals surface area contributed by atoms with Crippen LogP contribution in [0.3, 0.4) is 0 Å². The number of ether oxygens (including phenoxy) is 6. The Balaban J connectivity index is 1.15. The summed E-state index contributed by atoms with van der Waals surface area (Å²) in [4.78, 5) is 71.6. The van der Waals surface area contributed by atoms with Gasteiger partial charge in [0.15, 0.2) is 29.5 Å². The van der Waals surface area contributed by atoms with Gasteiger partial charge >= 0.3 is 29.8 Å². The number of rotatable bonds is 17. The fourth-order valence-corrected chi connectivity index (χ4v) is 9.30. The van der Waals surface area contributed by atoms with Gasteiger partial charge in [-0.3, -0.25) is 14.4 Å². The van der Waals surface area contributed by atoms with Gasteiger partial charge in [-0.05, 0) is 58.9 Å². The number of hydrogen-bond acceptors (Lipinski definition) is 16. The second-order valence-electron chi connectivity index (χ2n) is 18.1. The molecule has 5 atom stereocenters. The summed E-state index contributed by atoms with van der Waals surface area (Å²) >= 11 is 0. The van der Waals surface area contributed by atoms with E-state index in [1.807, 2.05) is 110 Å². The van der Waals surface area contributed by atoms with Crippen LogP contribution < -0.4 is 0 Å². The van der Waals surface area contributed by atoms with Crippen molar-refractivity contribution in [3.8, 4) is 22.5 Å². The van der Waals surface area contributed by atoms with Crippen molar-refractivity contribution in [1.29, 1.82) is 0 Å². The highest BCUT2D eigenvalue weighted by Gasteiger charge is 2.56. The van der Waals surface area contributed by atoms with E-state index in [-0.39, 0.29) is 17.9 Å². The molecular weight excluding hydrogens is 949 g/mol. The van der Waals surface area contributed by atoms with E-state index in [1.54, 1.807) is 9.36 Å². The predicted octanol–water partition coefficient (Wildman–Crippen LogP) is 7.12. The Morgan fingerprint density at radius 2 is 1.18 bits per heavy atom. The van der Waals surface area contributed by atoms with Gasteiger partial charge < -0.3 is 38.1 Å². The molecule has 1 aliphatic heterocycles. The number of aryl methyl sites for hydroxylation is 1. The number of benzene rings is 5. The molecule has 3 heterocycles. The second-order valence-corrected chi connectivity index (χ2v) is 18.1. The average Bonchev–Trinajstić information content (AvgIpc) is 4.04. The minimum absolute atomic E-state index is 0.0356. The fraction of sp³-hybridized carbons (Fsp3) is 0.304. The molecule has 2 aromatic heterocycles. The third kappa shape index (κ3) is 10.7. The summed E-state index contributed by atoms with van der Waals surface area (Å²) in [6, 6.07) is 45.7. The van der Waals surface area contributed by atoms with Gasteiger partial charge in [0.2, 0.25) is 18.2 Å². The van der Waals surface area contributed by atoms with Crippen LogP contribution in [0.2, 0.25) is 0 Å². The molecule has 5 aromatic carbocycles. The van der Waals surface area contributed by atoms with Gasteiger partial charge in [-0.25, -0.2) is 14.6 Å². The first-order valence-electron chi connectivity index (χ1n) is 24.0. The summed E-state index contributed by atoms with van der Waals surface area (Å²) in [5.74, 6) is -4.04. The smallest absolute Gasteiger partial charge is 0.359 e. The number of aromatic nitrogens is 6. The Morgan fingerprint density at radius 3 is 1.69 bits per heavy atom. The van der Waals surface area contributed by atoms with Gasteiger partial charge in [0, 0.05) is 39.3 Å². The lowest BCUT2D eigenvalue weighted by Gasteiger charge is -2.42. The predicted molar refractivity (Wildman–Crippen MR) is 267 cm³/mol. The first-order valence-corrected chi connectivity index (χ1v) is 24.0. The zero-order chi connectivity index (χ0) is 52.7. The summed E-state index contributed by atoms with van der Waals surface area (Å²) < 4.78 is 34.7. The van der Waals surface area contributed by atoms with Gasteiger partial charge in [0.1, 0.15) is 17.1 Å². The van der Waals surface area contributed by atoms with Crippen LogP contribution in [-0.2, 0) is 71.7 Å². The molecule has 382 valence electrons. The maximum Gasteiger partial charge on any atom is 0.359 e. The molecule has 1 aliphatic rings.